The van der Waals surface area contributed by atoms with Crippen molar-refractivity contribution in [2.45, 2.75) is 19.8 Å². The van der Waals surface area contributed by atoms with Gasteiger partial charge in [-0.3, -0.25) is 4.79 Å². The average molecular weight is 239 g/mol. The van der Waals surface area contributed by atoms with E-state index in [1.54, 1.807) is 0 Å². The Labute approximate surface area is 100.0 Å². The number of hydrogen-bond acceptors (Lipinski definition) is 2. The van der Waals surface area contributed by atoms with E-state index in [1.807, 2.05) is 25.1 Å². The topological polar surface area (TPSA) is 55.1 Å². The lowest BCUT2D eigenvalue weighted by Gasteiger charge is -2.13. The lowest BCUT2D eigenvalue weighted by atomic mass is 10.1. The van der Waals surface area contributed by atoms with Crippen molar-refractivity contribution in [1.29, 1.82) is 0 Å². The predicted octanol–water partition coefficient (Wildman–Crippen LogP) is 2.33. The van der Waals surface area contributed by atoms with Crippen LogP contribution in [0.15, 0.2) is 18.2 Å². The highest BCUT2D eigenvalue weighted by molar-refractivity contribution is 6.33. The van der Waals surface area contributed by atoms with E-state index in [4.69, 9.17) is 17.3 Å². The number of anilines is 1. The van der Waals surface area contributed by atoms with Crippen LogP contribution in [0.3, 0.4) is 0 Å². The minimum Gasteiger partial charge on any atom is -0.329 e. The quantitative estimate of drug-likeness (QED) is 0.849. The van der Waals surface area contributed by atoms with Gasteiger partial charge in [-0.05, 0) is 37.5 Å². The molecule has 1 aromatic rings. The molecule has 3 nitrogen and oxygen atoms in total. The summed E-state index contributed by atoms with van der Waals surface area (Å²) in [4.78, 5) is 11.9. The van der Waals surface area contributed by atoms with Gasteiger partial charge in [0.05, 0.1) is 16.1 Å². The van der Waals surface area contributed by atoms with Gasteiger partial charge in [-0.25, -0.2) is 0 Å². The van der Waals surface area contributed by atoms with Gasteiger partial charge in [0.15, 0.2) is 0 Å². The third-order valence-electron chi connectivity index (χ3n) is 3.10. The maximum Gasteiger partial charge on any atom is 0.231 e. The minimum atomic E-state index is -0.339. The molecule has 0 atom stereocenters. The summed E-state index contributed by atoms with van der Waals surface area (Å²) in [5.74, 6) is -0.0132. The largest absolute Gasteiger partial charge is 0.329 e. The highest BCUT2D eigenvalue weighted by Gasteiger charge is 2.48. The molecule has 4 heteroatoms. The van der Waals surface area contributed by atoms with Crippen LogP contribution in [0.1, 0.15) is 18.4 Å². The molecule has 0 bridgehead atoms. The maximum atomic E-state index is 11.9. The monoisotopic (exact) mass is 238 g/mol. The van der Waals surface area contributed by atoms with Gasteiger partial charge < -0.3 is 11.1 Å². The lowest BCUT2D eigenvalue weighted by Crippen LogP contribution is -2.30. The summed E-state index contributed by atoms with van der Waals surface area (Å²) in [6, 6.07) is 5.57. The van der Waals surface area contributed by atoms with E-state index in [0.717, 1.165) is 18.4 Å². The Hall–Kier alpha value is -1.06. The van der Waals surface area contributed by atoms with Crippen LogP contribution in [0.2, 0.25) is 5.02 Å². The summed E-state index contributed by atoms with van der Waals surface area (Å²) < 4.78 is 0. The van der Waals surface area contributed by atoms with Crippen molar-refractivity contribution in [1.82, 2.24) is 0 Å². The van der Waals surface area contributed by atoms with Crippen LogP contribution in [0.4, 0.5) is 5.69 Å². The molecule has 1 amide bonds. The Kier molecular flexibility index (Phi) is 2.91. The molecular weight excluding hydrogens is 224 g/mol. The second-order valence-electron chi connectivity index (χ2n) is 4.42. The molecule has 0 spiro atoms. The van der Waals surface area contributed by atoms with Crippen LogP contribution < -0.4 is 11.1 Å². The van der Waals surface area contributed by atoms with Crippen molar-refractivity contribution < 1.29 is 4.79 Å². The molecule has 1 aromatic carbocycles. The molecule has 0 heterocycles. The van der Waals surface area contributed by atoms with Crippen LogP contribution in [-0.2, 0) is 4.79 Å². The number of rotatable bonds is 3. The number of carbonyl (C=O) groups excluding carboxylic acids is 1. The van der Waals surface area contributed by atoms with E-state index < -0.39 is 0 Å². The molecule has 0 radical (unpaired) electrons. The first-order valence-electron chi connectivity index (χ1n) is 5.35. The SMILES string of the molecule is Cc1ccc(NC(=O)C2(CN)CC2)c(Cl)c1. The molecule has 86 valence electrons. The van der Waals surface area contributed by atoms with Gasteiger partial charge in [0.1, 0.15) is 0 Å². The Morgan fingerprint density at radius 1 is 1.56 bits per heavy atom. The van der Waals surface area contributed by atoms with Crippen LogP contribution in [0.25, 0.3) is 0 Å². The second kappa shape index (κ2) is 4.07. The van der Waals surface area contributed by atoms with Crippen molar-refractivity contribution in [2.24, 2.45) is 11.1 Å². The van der Waals surface area contributed by atoms with E-state index in [9.17, 15) is 4.79 Å². The fourth-order valence-electron chi connectivity index (χ4n) is 1.65. The molecule has 1 aliphatic rings. The van der Waals surface area contributed by atoms with Crippen molar-refractivity contribution in [3.63, 3.8) is 0 Å². The van der Waals surface area contributed by atoms with Crippen LogP contribution in [0, 0.1) is 12.3 Å². The van der Waals surface area contributed by atoms with Gasteiger partial charge in [-0.1, -0.05) is 17.7 Å². The average Bonchev–Trinajstić information content (AvgIpc) is 3.03. The van der Waals surface area contributed by atoms with Crippen molar-refractivity contribution in [2.75, 3.05) is 11.9 Å². The molecule has 16 heavy (non-hydrogen) atoms. The minimum absolute atomic E-state index is 0.0132. The first kappa shape index (κ1) is 11.4. The number of halogens is 1. The second-order valence-corrected chi connectivity index (χ2v) is 4.83. The van der Waals surface area contributed by atoms with E-state index in [-0.39, 0.29) is 11.3 Å². The predicted molar refractivity (Wildman–Crippen MR) is 65.5 cm³/mol. The molecule has 0 aromatic heterocycles. The first-order valence-corrected chi connectivity index (χ1v) is 5.73. The molecule has 0 saturated heterocycles. The molecular formula is C12H15ClN2O. The van der Waals surface area contributed by atoms with Crippen molar-refractivity contribution in [3.05, 3.63) is 28.8 Å². The van der Waals surface area contributed by atoms with E-state index in [2.05, 4.69) is 5.32 Å². The standard InChI is InChI=1S/C12H15ClN2O/c1-8-2-3-10(9(13)6-8)15-11(16)12(7-14)4-5-12/h2-3,6H,4-5,7,14H2,1H3,(H,15,16). The molecule has 2 rings (SSSR count). The zero-order valence-electron chi connectivity index (χ0n) is 9.22. The molecule has 0 unspecified atom stereocenters. The number of benzene rings is 1. The number of nitrogens with two attached hydrogens (primary N) is 1. The van der Waals surface area contributed by atoms with Crippen LogP contribution in [-0.4, -0.2) is 12.5 Å². The number of hydrogen-bond donors (Lipinski definition) is 2. The van der Waals surface area contributed by atoms with Gasteiger partial charge in [-0.2, -0.15) is 0 Å². The Balaban J connectivity index is 2.12. The first-order chi connectivity index (χ1) is 7.57. The fraction of sp³-hybridized carbons (Fsp3) is 0.417. The number of carbonyl (C=O) groups is 1. The lowest BCUT2D eigenvalue weighted by molar-refractivity contribution is -0.120. The summed E-state index contributed by atoms with van der Waals surface area (Å²) in [5.41, 5.74) is 6.99. The van der Waals surface area contributed by atoms with Gasteiger partial charge in [0.2, 0.25) is 5.91 Å². The Morgan fingerprint density at radius 3 is 2.75 bits per heavy atom. The molecule has 1 saturated carbocycles. The zero-order valence-corrected chi connectivity index (χ0v) is 9.97. The summed E-state index contributed by atoms with van der Waals surface area (Å²) in [6.45, 7) is 2.36. The van der Waals surface area contributed by atoms with E-state index in [1.165, 1.54) is 0 Å². The Bertz CT molecular complexity index is 427. The zero-order chi connectivity index (χ0) is 11.8. The smallest absolute Gasteiger partial charge is 0.231 e. The van der Waals surface area contributed by atoms with E-state index in [0.29, 0.717) is 17.3 Å². The van der Waals surface area contributed by atoms with Gasteiger partial charge in [0.25, 0.3) is 0 Å². The normalized spacial score (nSPS) is 16.9. The highest BCUT2D eigenvalue weighted by Crippen LogP contribution is 2.45. The highest BCUT2D eigenvalue weighted by atomic mass is 35.5. The number of nitrogens with one attached hydrogen (secondary N) is 1. The fourth-order valence-corrected chi connectivity index (χ4v) is 1.93. The van der Waals surface area contributed by atoms with Crippen LogP contribution in [0.5, 0.6) is 0 Å². The van der Waals surface area contributed by atoms with E-state index >= 15 is 0 Å². The summed E-state index contributed by atoms with van der Waals surface area (Å²) >= 11 is 6.04. The number of aryl methyl sites for hydroxylation is 1. The number of amides is 1. The molecule has 1 fully saturated rings. The molecule has 3 N–H and O–H groups in total. The summed E-state index contributed by atoms with van der Waals surface area (Å²) in [6.07, 6.45) is 1.75. The van der Waals surface area contributed by atoms with Crippen molar-refractivity contribution in [3.8, 4) is 0 Å². The summed E-state index contributed by atoms with van der Waals surface area (Å²) in [7, 11) is 0. The third kappa shape index (κ3) is 2.06. The van der Waals surface area contributed by atoms with Gasteiger partial charge in [-0.15, -0.1) is 0 Å². The van der Waals surface area contributed by atoms with Gasteiger partial charge >= 0.3 is 0 Å². The van der Waals surface area contributed by atoms with Crippen molar-refractivity contribution >= 4 is 23.2 Å². The molecule has 1 aliphatic carbocycles. The van der Waals surface area contributed by atoms with Gasteiger partial charge in [0, 0.05) is 6.54 Å². The summed E-state index contributed by atoms with van der Waals surface area (Å²) in [5, 5.41) is 3.41. The van der Waals surface area contributed by atoms with Crippen LogP contribution >= 0.6 is 11.6 Å². The molecule has 0 aliphatic heterocycles. The maximum absolute atomic E-state index is 11.9. The third-order valence-corrected chi connectivity index (χ3v) is 3.41. The Morgan fingerprint density at radius 2 is 2.25 bits per heavy atom.